The molecule has 6 rings (SSSR count). The van der Waals surface area contributed by atoms with E-state index in [2.05, 4.69) is 0 Å². The molecule has 5 heteroatoms. The van der Waals surface area contributed by atoms with Crippen LogP contribution in [-0.2, 0) is 15.9 Å². The van der Waals surface area contributed by atoms with E-state index in [9.17, 15) is 14.7 Å². The molecule has 5 nitrogen and oxygen atoms in total. The third-order valence-electron chi connectivity index (χ3n) is 7.00. The molecule has 2 aliphatic carbocycles. The maximum Gasteiger partial charge on any atom is 0.338 e. The molecule has 0 amide bonds. The zero-order chi connectivity index (χ0) is 24.6. The molecule has 0 fully saturated rings. The highest BCUT2D eigenvalue weighted by molar-refractivity contribution is 5.97. The summed E-state index contributed by atoms with van der Waals surface area (Å²) in [5.74, 6) is -0.971. The lowest BCUT2D eigenvalue weighted by Crippen LogP contribution is -2.30. The second-order valence-corrected chi connectivity index (χ2v) is 9.14. The van der Waals surface area contributed by atoms with Crippen molar-refractivity contribution < 1.29 is 24.2 Å². The molecule has 0 heterocycles. The molecule has 0 aliphatic heterocycles. The number of esters is 2. The van der Waals surface area contributed by atoms with Gasteiger partial charge < -0.3 is 14.6 Å². The number of aliphatic hydroxyl groups excluding tert-OH is 1. The summed E-state index contributed by atoms with van der Waals surface area (Å²) in [4.78, 5) is 25.9. The highest BCUT2D eigenvalue weighted by Crippen LogP contribution is 2.42. The van der Waals surface area contributed by atoms with Gasteiger partial charge in [0.05, 0.1) is 17.2 Å². The summed E-state index contributed by atoms with van der Waals surface area (Å²) in [6.07, 6.45) is 3.23. The van der Waals surface area contributed by atoms with E-state index < -0.39 is 30.3 Å². The lowest BCUT2D eigenvalue weighted by molar-refractivity contribution is -0.0228. The highest BCUT2D eigenvalue weighted by atomic mass is 16.6. The number of hydrogen-bond acceptors (Lipinski definition) is 5. The molecular formula is C31H24O5. The number of ether oxygens (including phenoxy) is 2. The van der Waals surface area contributed by atoms with E-state index in [4.69, 9.17) is 9.47 Å². The van der Waals surface area contributed by atoms with Crippen LogP contribution in [0.3, 0.4) is 0 Å². The Bertz CT molecular complexity index is 1490. The van der Waals surface area contributed by atoms with Crippen molar-refractivity contribution in [3.63, 3.8) is 0 Å². The Kier molecular flexibility index (Phi) is 5.62. The molecule has 3 atom stereocenters. The number of benzene rings is 4. The molecule has 2 aliphatic rings. The van der Waals surface area contributed by atoms with Crippen LogP contribution < -0.4 is 0 Å². The second-order valence-electron chi connectivity index (χ2n) is 9.14. The Morgan fingerprint density at radius 3 is 2.03 bits per heavy atom. The molecule has 0 radical (unpaired) electrons. The van der Waals surface area contributed by atoms with Gasteiger partial charge in [0.15, 0.2) is 12.2 Å². The molecule has 0 bridgehead atoms. The largest absolute Gasteiger partial charge is 0.450 e. The van der Waals surface area contributed by atoms with Crippen LogP contribution in [0.2, 0.25) is 0 Å². The van der Waals surface area contributed by atoms with Gasteiger partial charge >= 0.3 is 11.9 Å². The molecule has 0 saturated carbocycles. The molecule has 0 aromatic heterocycles. The SMILES string of the molecule is O=C(O[C@@H]1c2ccc3c4c(ccc3c2C=C[C@H]1OC(=O)c1ccccc1)C(O)CC4)c1ccccc1. The lowest BCUT2D eigenvalue weighted by Gasteiger charge is -2.30. The van der Waals surface area contributed by atoms with Crippen LogP contribution in [0, 0.1) is 0 Å². The van der Waals surface area contributed by atoms with Gasteiger partial charge in [0.25, 0.3) is 0 Å². The minimum Gasteiger partial charge on any atom is -0.450 e. The van der Waals surface area contributed by atoms with Crippen molar-refractivity contribution in [1.82, 2.24) is 0 Å². The van der Waals surface area contributed by atoms with E-state index in [1.165, 1.54) is 0 Å². The van der Waals surface area contributed by atoms with Crippen molar-refractivity contribution >= 4 is 28.8 Å². The van der Waals surface area contributed by atoms with Crippen molar-refractivity contribution in [2.45, 2.75) is 31.2 Å². The fourth-order valence-corrected chi connectivity index (χ4v) is 5.21. The second kappa shape index (κ2) is 9.10. The van der Waals surface area contributed by atoms with Crippen molar-refractivity contribution in [3.8, 4) is 0 Å². The van der Waals surface area contributed by atoms with Gasteiger partial charge in [-0.2, -0.15) is 0 Å². The summed E-state index contributed by atoms with van der Waals surface area (Å²) in [6, 6.07) is 25.5. The van der Waals surface area contributed by atoms with Gasteiger partial charge in [-0.05, 0) is 70.6 Å². The maximum absolute atomic E-state index is 13.1. The smallest absolute Gasteiger partial charge is 0.338 e. The summed E-state index contributed by atoms with van der Waals surface area (Å²) in [5, 5.41) is 12.4. The summed E-state index contributed by atoms with van der Waals surface area (Å²) in [5.41, 5.74) is 4.69. The van der Waals surface area contributed by atoms with Crippen molar-refractivity contribution in [2.75, 3.05) is 0 Å². The van der Waals surface area contributed by atoms with Crippen LogP contribution >= 0.6 is 0 Å². The third-order valence-corrected chi connectivity index (χ3v) is 7.00. The topological polar surface area (TPSA) is 72.8 Å². The first-order valence-electron chi connectivity index (χ1n) is 12.1. The average Bonchev–Trinajstić information content (AvgIpc) is 3.31. The molecule has 36 heavy (non-hydrogen) atoms. The molecule has 1 N–H and O–H groups in total. The third kappa shape index (κ3) is 3.88. The summed E-state index contributed by atoms with van der Waals surface area (Å²) in [6.45, 7) is 0. The average molecular weight is 477 g/mol. The predicted octanol–water partition coefficient (Wildman–Crippen LogP) is 5.97. The molecule has 1 unspecified atom stereocenters. The number of carbonyl (C=O) groups is 2. The van der Waals surface area contributed by atoms with E-state index in [1.54, 1.807) is 54.6 Å². The van der Waals surface area contributed by atoms with Gasteiger partial charge in [0, 0.05) is 5.56 Å². The van der Waals surface area contributed by atoms with Gasteiger partial charge in [-0.3, -0.25) is 0 Å². The first-order chi connectivity index (χ1) is 17.6. The zero-order valence-corrected chi connectivity index (χ0v) is 19.5. The number of rotatable bonds is 4. The monoisotopic (exact) mass is 476 g/mol. The minimum atomic E-state index is -0.811. The normalized spacial score (nSPS) is 20.0. The van der Waals surface area contributed by atoms with Crippen molar-refractivity contribution in [3.05, 3.63) is 124 Å². The lowest BCUT2D eigenvalue weighted by atomic mass is 9.87. The quantitative estimate of drug-likeness (QED) is 0.368. The van der Waals surface area contributed by atoms with Gasteiger partial charge in [-0.25, -0.2) is 9.59 Å². The van der Waals surface area contributed by atoms with Crippen molar-refractivity contribution in [2.24, 2.45) is 0 Å². The fraction of sp³-hybridized carbons (Fsp3) is 0.161. The van der Waals surface area contributed by atoms with E-state index in [0.717, 1.165) is 45.9 Å². The maximum atomic E-state index is 13.1. The Labute approximate surface area is 208 Å². The van der Waals surface area contributed by atoms with Crippen LogP contribution in [0.1, 0.15) is 61.6 Å². The number of carbonyl (C=O) groups excluding carboxylic acids is 2. The van der Waals surface area contributed by atoms with E-state index in [-0.39, 0.29) is 0 Å². The van der Waals surface area contributed by atoms with E-state index in [1.807, 2.05) is 42.5 Å². The molecular weight excluding hydrogens is 452 g/mol. The Balaban J connectivity index is 1.41. The standard InChI is InChI=1S/C31H24O5/c32-27-17-15-23-21-12-14-26-24(22(21)11-13-25(23)27)16-18-28(35-30(33)19-7-3-1-4-8-19)29(26)36-31(34)20-9-5-2-6-10-20/h1-14,16,18,27-29,32H,15,17H2/t27?,28-,29-/m1/s1. The van der Waals surface area contributed by atoms with E-state index >= 15 is 0 Å². The van der Waals surface area contributed by atoms with Crippen LogP contribution in [0.15, 0.2) is 91.0 Å². The van der Waals surface area contributed by atoms with Crippen LogP contribution in [0.4, 0.5) is 0 Å². The highest BCUT2D eigenvalue weighted by Gasteiger charge is 2.34. The number of aryl methyl sites for hydroxylation is 1. The Morgan fingerprint density at radius 2 is 1.33 bits per heavy atom. The minimum absolute atomic E-state index is 0.425. The summed E-state index contributed by atoms with van der Waals surface area (Å²) < 4.78 is 11.9. The Morgan fingerprint density at radius 1 is 0.722 bits per heavy atom. The van der Waals surface area contributed by atoms with Crippen LogP contribution in [0.5, 0.6) is 0 Å². The van der Waals surface area contributed by atoms with Gasteiger partial charge in [0.1, 0.15) is 0 Å². The number of aliphatic hydroxyl groups is 1. The predicted molar refractivity (Wildman–Crippen MR) is 137 cm³/mol. The number of hydrogen-bond donors (Lipinski definition) is 1. The van der Waals surface area contributed by atoms with Crippen LogP contribution in [0.25, 0.3) is 16.8 Å². The molecule has 4 aromatic carbocycles. The molecule has 0 spiro atoms. The first kappa shape index (κ1) is 22.3. The number of fused-ring (bicyclic) bond motifs is 5. The van der Waals surface area contributed by atoms with Gasteiger partial charge in [0.2, 0.25) is 0 Å². The van der Waals surface area contributed by atoms with Gasteiger partial charge in [-0.1, -0.05) is 66.7 Å². The first-order valence-corrected chi connectivity index (χ1v) is 12.1. The zero-order valence-electron chi connectivity index (χ0n) is 19.5. The summed E-state index contributed by atoms with van der Waals surface area (Å²) in [7, 11) is 0. The fourth-order valence-electron chi connectivity index (χ4n) is 5.21. The summed E-state index contributed by atoms with van der Waals surface area (Å²) >= 11 is 0. The van der Waals surface area contributed by atoms with E-state index in [0.29, 0.717) is 11.1 Å². The van der Waals surface area contributed by atoms with Crippen molar-refractivity contribution in [1.29, 1.82) is 0 Å². The molecule has 178 valence electrons. The molecule has 4 aromatic rings. The van der Waals surface area contributed by atoms with Gasteiger partial charge in [-0.15, -0.1) is 0 Å². The van der Waals surface area contributed by atoms with Crippen LogP contribution in [-0.4, -0.2) is 23.1 Å². The Hall–Kier alpha value is -4.22. The molecule has 0 saturated heterocycles.